The number of hydrogen-bond acceptors (Lipinski definition) is 3. The molecule has 2 heterocycles. The number of imidazole rings is 1. The number of likely N-dealkylation sites (tertiary alicyclic amines) is 1. The smallest absolute Gasteiger partial charge is 0.253 e. The quantitative estimate of drug-likeness (QED) is 0.461. The van der Waals surface area contributed by atoms with E-state index in [1.807, 2.05) is 59.5 Å². The first kappa shape index (κ1) is 20.3. The summed E-state index contributed by atoms with van der Waals surface area (Å²) in [6, 6.07) is 23.9. The van der Waals surface area contributed by atoms with E-state index in [9.17, 15) is 4.79 Å². The Balaban J connectivity index is 1.21. The molecule has 1 saturated heterocycles. The van der Waals surface area contributed by atoms with Gasteiger partial charge in [0, 0.05) is 24.6 Å². The number of aromatic amines is 1. The molecule has 32 heavy (non-hydrogen) atoms. The van der Waals surface area contributed by atoms with Crippen LogP contribution < -0.4 is 4.74 Å². The highest BCUT2D eigenvalue weighted by Gasteiger charge is 2.26. The SMILES string of the molecule is Cc1cccc(COc2cccc(C(=O)N3CCC(c4nc5ccccc5[nH]4)CC3)c2)c1. The second-order valence-corrected chi connectivity index (χ2v) is 8.51. The second kappa shape index (κ2) is 8.87. The average Bonchev–Trinajstić information content (AvgIpc) is 3.27. The van der Waals surface area contributed by atoms with Crippen LogP contribution in [0.2, 0.25) is 0 Å². The van der Waals surface area contributed by atoms with Gasteiger partial charge in [0.05, 0.1) is 11.0 Å². The molecule has 0 atom stereocenters. The molecular weight excluding hydrogens is 398 g/mol. The van der Waals surface area contributed by atoms with Crippen molar-refractivity contribution in [3.05, 3.63) is 95.3 Å². The predicted octanol–water partition coefficient (Wildman–Crippen LogP) is 5.47. The number of ether oxygens (including phenoxy) is 1. The minimum absolute atomic E-state index is 0.0639. The Morgan fingerprint density at radius 3 is 2.66 bits per heavy atom. The number of carbonyl (C=O) groups is 1. The van der Waals surface area contributed by atoms with E-state index in [0.717, 1.165) is 54.1 Å². The molecule has 4 aromatic rings. The minimum Gasteiger partial charge on any atom is -0.489 e. The van der Waals surface area contributed by atoms with Gasteiger partial charge in [-0.15, -0.1) is 0 Å². The summed E-state index contributed by atoms with van der Waals surface area (Å²) < 4.78 is 5.95. The molecule has 1 aliphatic rings. The van der Waals surface area contributed by atoms with Crippen LogP contribution >= 0.6 is 0 Å². The van der Waals surface area contributed by atoms with Crippen LogP contribution in [-0.4, -0.2) is 33.9 Å². The second-order valence-electron chi connectivity index (χ2n) is 8.51. The number of para-hydroxylation sites is 2. The number of hydrogen-bond donors (Lipinski definition) is 1. The normalized spacial score (nSPS) is 14.6. The van der Waals surface area contributed by atoms with Gasteiger partial charge in [0.1, 0.15) is 18.2 Å². The molecule has 5 rings (SSSR count). The topological polar surface area (TPSA) is 58.2 Å². The lowest BCUT2D eigenvalue weighted by atomic mass is 9.95. The molecule has 3 aromatic carbocycles. The molecule has 0 saturated carbocycles. The van der Waals surface area contributed by atoms with Gasteiger partial charge in [-0.1, -0.05) is 48.0 Å². The number of nitrogens with one attached hydrogen (secondary N) is 1. The van der Waals surface area contributed by atoms with Gasteiger partial charge in [-0.05, 0) is 55.7 Å². The summed E-state index contributed by atoms with van der Waals surface area (Å²) in [7, 11) is 0. The van der Waals surface area contributed by atoms with Crippen molar-refractivity contribution in [3.8, 4) is 5.75 Å². The Labute approximate surface area is 188 Å². The van der Waals surface area contributed by atoms with Crippen LogP contribution in [0.4, 0.5) is 0 Å². The van der Waals surface area contributed by atoms with Gasteiger partial charge < -0.3 is 14.6 Å². The van der Waals surface area contributed by atoms with E-state index in [0.29, 0.717) is 18.1 Å². The van der Waals surface area contributed by atoms with Gasteiger partial charge >= 0.3 is 0 Å². The first-order valence-electron chi connectivity index (χ1n) is 11.2. The third-order valence-electron chi connectivity index (χ3n) is 6.15. The summed E-state index contributed by atoms with van der Waals surface area (Å²) in [4.78, 5) is 23.2. The predicted molar refractivity (Wildman–Crippen MR) is 126 cm³/mol. The molecule has 1 amide bonds. The number of fused-ring (bicyclic) bond motifs is 1. The highest BCUT2D eigenvalue weighted by Crippen LogP contribution is 2.28. The molecular formula is C27H27N3O2. The first-order valence-corrected chi connectivity index (χ1v) is 11.2. The van der Waals surface area contributed by atoms with Crippen LogP contribution in [-0.2, 0) is 6.61 Å². The maximum atomic E-state index is 13.1. The van der Waals surface area contributed by atoms with Crippen molar-refractivity contribution in [1.82, 2.24) is 14.9 Å². The van der Waals surface area contributed by atoms with Crippen molar-refractivity contribution < 1.29 is 9.53 Å². The van der Waals surface area contributed by atoms with Crippen LogP contribution in [0.3, 0.4) is 0 Å². The zero-order valence-corrected chi connectivity index (χ0v) is 18.3. The summed E-state index contributed by atoms with van der Waals surface area (Å²) in [5.74, 6) is 2.17. The lowest BCUT2D eigenvalue weighted by Crippen LogP contribution is -2.38. The van der Waals surface area contributed by atoms with E-state index in [-0.39, 0.29) is 5.91 Å². The van der Waals surface area contributed by atoms with E-state index in [1.165, 1.54) is 5.56 Å². The first-order chi connectivity index (χ1) is 15.7. The average molecular weight is 426 g/mol. The van der Waals surface area contributed by atoms with Crippen LogP contribution in [0.1, 0.15) is 46.1 Å². The van der Waals surface area contributed by atoms with Crippen LogP contribution in [0, 0.1) is 6.92 Å². The van der Waals surface area contributed by atoms with Crippen molar-refractivity contribution in [2.75, 3.05) is 13.1 Å². The van der Waals surface area contributed by atoms with Gasteiger partial charge in [-0.25, -0.2) is 4.98 Å². The van der Waals surface area contributed by atoms with Gasteiger partial charge in [0.2, 0.25) is 0 Å². The highest BCUT2D eigenvalue weighted by molar-refractivity contribution is 5.94. The summed E-state index contributed by atoms with van der Waals surface area (Å²) in [6.45, 7) is 4.02. The Kier molecular flexibility index (Phi) is 5.63. The molecule has 1 aromatic heterocycles. The van der Waals surface area contributed by atoms with Crippen LogP contribution in [0.15, 0.2) is 72.8 Å². The van der Waals surface area contributed by atoms with Gasteiger partial charge in [0.15, 0.2) is 0 Å². The molecule has 5 heteroatoms. The number of carbonyl (C=O) groups excluding carboxylic acids is 1. The number of nitrogens with zero attached hydrogens (tertiary/aromatic N) is 2. The van der Waals surface area contributed by atoms with E-state index in [1.54, 1.807) is 0 Å². The van der Waals surface area contributed by atoms with Crippen LogP contribution in [0.25, 0.3) is 11.0 Å². The molecule has 162 valence electrons. The maximum Gasteiger partial charge on any atom is 0.253 e. The lowest BCUT2D eigenvalue weighted by molar-refractivity contribution is 0.0711. The van der Waals surface area contributed by atoms with Crippen molar-refractivity contribution >= 4 is 16.9 Å². The zero-order valence-electron chi connectivity index (χ0n) is 18.3. The van der Waals surface area contributed by atoms with E-state index in [2.05, 4.69) is 30.1 Å². The Morgan fingerprint density at radius 2 is 1.84 bits per heavy atom. The van der Waals surface area contributed by atoms with E-state index in [4.69, 9.17) is 9.72 Å². The maximum absolute atomic E-state index is 13.1. The van der Waals surface area contributed by atoms with Crippen molar-refractivity contribution in [3.63, 3.8) is 0 Å². The number of H-pyrrole nitrogens is 1. The number of aromatic nitrogens is 2. The third kappa shape index (κ3) is 4.37. The molecule has 5 nitrogen and oxygen atoms in total. The van der Waals surface area contributed by atoms with E-state index < -0.39 is 0 Å². The summed E-state index contributed by atoms with van der Waals surface area (Å²) in [6.07, 6.45) is 1.82. The standard InChI is InChI=1S/C27H27N3O2/c1-19-6-4-7-20(16-19)18-32-23-9-5-8-22(17-23)27(31)30-14-12-21(13-15-30)26-28-24-10-2-3-11-25(24)29-26/h2-11,16-17,21H,12-15,18H2,1H3,(H,28,29). The largest absolute Gasteiger partial charge is 0.489 e. The summed E-state index contributed by atoms with van der Waals surface area (Å²) in [5, 5.41) is 0. The monoisotopic (exact) mass is 425 g/mol. The van der Waals surface area contributed by atoms with Gasteiger partial charge in [-0.2, -0.15) is 0 Å². The fourth-order valence-electron chi connectivity index (χ4n) is 4.39. The molecule has 0 spiro atoms. The Morgan fingerprint density at radius 1 is 1.03 bits per heavy atom. The molecule has 0 unspecified atom stereocenters. The highest BCUT2D eigenvalue weighted by atomic mass is 16.5. The van der Waals surface area contributed by atoms with E-state index >= 15 is 0 Å². The number of aryl methyl sites for hydroxylation is 1. The molecule has 1 aliphatic heterocycles. The van der Waals surface area contributed by atoms with Crippen molar-refractivity contribution in [2.45, 2.75) is 32.3 Å². The molecule has 0 radical (unpaired) electrons. The molecule has 1 N–H and O–H groups in total. The summed E-state index contributed by atoms with van der Waals surface area (Å²) >= 11 is 0. The van der Waals surface area contributed by atoms with Gasteiger partial charge in [0.25, 0.3) is 5.91 Å². The van der Waals surface area contributed by atoms with Crippen LogP contribution in [0.5, 0.6) is 5.75 Å². The fraction of sp³-hybridized carbons (Fsp3) is 0.259. The molecule has 1 fully saturated rings. The number of piperidine rings is 1. The number of rotatable bonds is 5. The van der Waals surface area contributed by atoms with Crippen molar-refractivity contribution in [2.24, 2.45) is 0 Å². The zero-order chi connectivity index (χ0) is 21.9. The molecule has 0 bridgehead atoms. The third-order valence-corrected chi connectivity index (χ3v) is 6.15. The molecule has 0 aliphatic carbocycles. The minimum atomic E-state index is 0.0639. The Hall–Kier alpha value is -3.60. The summed E-state index contributed by atoms with van der Waals surface area (Å²) in [5.41, 5.74) is 5.08. The lowest BCUT2D eigenvalue weighted by Gasteiger charge is -2.31. The fourth-order valence-corrected chi connectivity index (χ4v) is 4.39. The number of amides is 1. The van der Waals surface area contributed by atoms with Gasteiger partial charge in [-0.3, -0.25) is 4.79 Å². The van der Waals surface area contributed by atoms with Crippen molar-refractivity contribution in [1.29, 1.82) is 0 Å². The number of benzene rings is 3. The Bertz CT molecular complexity index is 1210.